The van der Waals surface area contributed by atoms with Crippen LogP contribution >= 0.6 is 0 Å². The maximum atomic E-state index is 8.83. The largest absolute Gasteiger partial charge is 0.298 e. The Kier molecular flexibility index (Phi) is 3.50. The fraction of sp³-hybridized carbons (Fsp3) is 0.727. The lowest BCUT2D eigenvalue weighted by molar-refractivity contribution is 0.211. The molecular formula is C11H18N2. The molecule has 0 radical (unpaired) electrons. The van der Waals surface area contributed by atoms with E-state index in [1.54, 1.807) is 0 Å². The average Bonchev–Trinajstić information content (AvgIpc) is 2.16. The Morgan fingerprint density at radius 2 is 2.46 bits per heavy atom. The van der Waals surface area contributed by atoms with Crippen molar-refractivity contribution in [2.45, 2.75) is 32.7 Å². The van der Waals surface area contributed by atoms with Crippen LogP contribution in [0.1, 0.15) is 26.7 Å². The highest BCUT2D eigenvalue weighted by atomic mass is 15.1. The van der Waals surface area contributed by atoms with Crippen molar-refractivity contribution < 1.29 is 0 Å². The van der Waals surface area contributed by atoms with Gasteiger partial charge in [-0.05, 0) is 26.8 Å². The third-order valence-electron chi connectivity index (χ3n) is 2.90. The highest BCUT2D eigenvalue weighted by molar-refractivity contribution is 5.11. The first kappa shape index (κ1) is 10.3. The van der Waals surface area contributed by atoms with Gasteiger partial charge in [0.25, 0.3) is 0 Å². The van der Waals surface area contributed by atoms with Crippen molar-refractivity contribution >= 4 is 0 Å². The molecule has 1 rings (SSSR count). The quantitative estimate of drug-likeness (QED) is 0.606. The molecule has 2 nitrogen and oxygen atoms in total. The second-order valence-corrected chi connectivity index (χ2v) is 3.85. The van der Waals surface area contributed by atoms with E-state index in [1.165, 1.54) is 5.57 Å². The van der Waals surface area contributed by atoms with Crippen molar-refractivity contribution in [1.29, 1.82) is 5.26 Å². The number of hydrogen-bond donors (Lipinski definition) is 0. The van der Waals surface area contributed by atoms with Crippen molar-refractivity contribution in [3.63, 3.8) is 0 Å². The molecule has 0 saturated heterocycles. The molecule has 13 heavy (non-hydrogen) atoms. The van der Waals surface area contributed by atoms with Gasteiger partial charge in [0.1, 0.15) is 0 Å². The second-order valence-electron chi connectivity index (χ2n) is 3.85. The van der Waals surface area contributed by atoms with Gasteiger partial charge in [0.05, 0.1) is 12.0 Å². The molecule has 1 heterocycles. The maximum absolute atomic E-state index is 8.83. The summed E-state index contributed by atoms with van der Waals surface area (Å²) in [6.45, 7) is 5.23. The summed E-state index contributed by atoms with van der Waals surface area (Å²) < 4.78 is 0. The Labute approximate surface area is 80.8 Å². The summed E-state index contributed by atoms with van der Waals surface area (Å²) in [4.78, 5) is 2.30. The Hall–Kier alpha value is -0.810. The maximum Gasteiger partial charge on any atom is 0.0669 e. The van der Waals surface area contributed by atoms with Crippen LogP contribution in [-0.2, 0) is 0 Å². The lowest BCUT2D eigenvalue weighted by Crippen LogP contribution is -2.39. The second kappa shape index (κ2) is 4.43. The van der Waals surface area contributed by atoms with Gasteiger partial charge in [0.15, 0.2) is 0 Å². The predicted molar refractivity (Wildman–Crippen MR) is 54.2 cm³/mol. The van der Waals surface area contributed by atoms with E-state index in [4.69, 9.17) is 5.26 Å². The lowest BCUT2D eigenvalue weighted by atomic mass is 9.93. The monoisotopic (exact) mass is 178 g/mol. The van der Waals surface area contributed by atoms with E-state index < -0.39 is 0 Å². The van der Waals surface area contributed by atoms with E-state index in [0.29, 0.717) is 6.04 Å². The third kappa shape index (κ3) is 2.32. The number of likely N-dealkylation sites (N-methyl/N-ethyl adjacent to an activating group) is 1. The number of nitrogens with zero attached hydrogens (tertiary/aromatic N) is 2. The van der Waals surface area contributed by atoms with Crippen molar-refractivity contribution in [3.05, 3.63) is 11.6 Å². The van der Waals surface area contributed by atoms with E-state index in [-0.39, 0.29) is 5.92 Å². The van der Waals surface area contributed by atoms with Crippen LogP contribution in [0.15, 0.2) is 11.6 Å². The van der Waals surface area contributed by atoms with Gasteiger partial charge < -0.3 is 0 Å². The number of hydrogen-bond acceptors (Lipinski definition) is 2. The van der Waals surface area contributed by atoms with Crippen LogP contribution in [-0.4, -0.2) is 24.5 Å². The molecule has 0 aliphatic carbocycles. The zero-order chi connectivity index (χ0) is 9.84. The molecule has 0 saturated carbocycles. The minimum atomic E-state index is 0.139. The molecule has 0 aromatic heterocycles. The molecule has 0 fully saturated rings. The molecule has 2 heteroatoms. The molecule has 1 aliphatic rings. The Balaban J connectivity index is 2.63. The fourth-order valence-electron chi connectivity index (χ4n) is 1.90. The number of rotatable bonds is 2. The average molecular weight is 178 g/mol. The fourth-order valence-corrected chi connectivity index (χ4v) is 1.90. The molecular weight excluding hydrogens is 160 g/mol. The Morgan fingerprint density at radius 3 is 2.92 bits per heavy atom. The highest BCUT2D eigenvalue weighted by Crippen LogP contribution is 2.21. The van der Waals surface area contributed by atoms with Crippen molar-refractivity contribution in [1.82, 2.24) is 4.90 Å². The molecule has 0 aromatic rings. The van der Waals surface area contributed by atoms with Gasteiger partial charge in [-0.2, -0.15) is 5.26 Å². The smallest absolute Gasteiger partial charge is 0.0669 e. The summed E-state index contributed by atoms with van der Waals surface area (Å²) >= 11 is 0. The molecule has 0 aromatic carbocycles. The standard InChI is InChI=1S/C11H18N2/c1-4-10-5-6-11(9(2)7-12)13(3)8-10/h5,9,11H,4,6,8H2,1-3H3. The molecule has 0 spiro atoms. The first-order valence-electron chi connectivity index (χ1n) is 4.96. The van der Waals surface area contributed by atoms with Crippen molar-refractivity contribution in [2.24, 2.45) is 5.92 Å². The SMILES string of the molecule is CCC1=CCC(C(C)C#N)N(C)C1. The van der Waals surface area contributed by atoms with Crippen molar-refractivity contribution in [3.8, 4) is 6.07 Å². The van der Waals surface area contributed by atoms with Crippen LogP contribution in [0.2, 0.25) is 0 Å². The number of nitriles is 1. The van der Waals surface area contributed by atoms with Gasteiger partial charge in [-0.15, -0.1) is 0 Å². The van der Waals surface area contributed by atoms with Gasteiger partial charge in [0.2, 0.25) is 0 Å². The summed E-state index contributed by atoms with van der Waals surface area (Å²) in [5.74, 6) is 0.139. The van der Waals surface area contributed by atoms with E-state index in [0.717, 1.165) is 19.4 Å². The van der Waals surface area contributed by atoms with Crippen LogP contribution in [0.25, 0.3) is 0 Å². The predicted octanol–water partition coefficient (Wildman–Crippen LogP) is 2.19. The molecule has 1 aliphatic heterocycles. The minimum absolute atomic E-state index is 0.139. The highest BCUT2D eigenvalue weighted by Gasteiger charge is 2.23. The van der Waals surface area contributed by atoms with Crippen LogP contribution in [0.4, 0.5) is 0 Å². The van der Waals surface area contributed by atoms with Crippen LogP contribution in [0.3, 0.4) is 0 Å². The minimum Gasteiger partial charge on any atom is -0.298 e. The molecule has 0 bridgehead atoms. The molecule has 2 atom stereocenters. The van der Waals surface area contributed by atoms with Gasteiger partial charge in [-0.3, -0.25) is 4.90 Å². The van der Waals surface area contributed by atoms with Crippen LogP contribution in [0, 0.1) is 17.2 Å². The van der Waals surface area contributed by atoms with Gasteiger partial charge in [0, 0.05) is 12.6 Å². The first-order chi connectivity index (χ1) is 6.19. The summed E-state index contributed by atoms with van der Waals surface area (Å²) in [6, 6.07) is 2.74. The summed E-state index contributed by atoms with van der Waals surface area (Å²) in [6.07, 6.45) is 4.48. The topological polar surface area (TPSA) is 27.0 Å². The van der Waals surface area contributed by atoms with Gasteiger partial charge >= 0.3 is 0 Å². The molecule has 0 amide bonds. The zero-order valence-electron chi connectivity index (χ0n) is 8.75. The summed E-state index contributed by atoms with van der Waals surface area (Å²) in [5, 5.41) is 8.83. The van der Waals surface area contributed by atoms with Gasteiger partial charge in [-0.25, -0.2) is 0 Å². The Bertz CT molecular complexity index is 237. The van der Waals surface area contributed by atoms with Crippen molar-refractivity contribution in [2.75, 3.05) is 13.6 Å². The molecule has 72 valence electrons. The molecule has 2 unspecified atom stereocenters. The lowest BCUT2D eigenvalue weighted by Gasteiger charge is -2.33. The third-order valence-corrected chi connectivity index (χ3v) is 2.90. The summed E-state index contributed by atoms with van der Waals surface area (Å²) in [5.41, 5.74) is 1.50. The van der Waals surface area contributed by atoms with E-state index in [1.807, 2.05) is 6.92 Å². The van der Waals surface area contributed by atoms with Crippen LogP contribution in [0.5, 0.6) is 0 Å². The first-order valence-corrected chi connectivity index (χ1v) is 4.96. The van der Waals surface area contributed by atoms with E-state index in [2.05, 4.69) is 31.0 Å². The zero-order valence-corrected chi connectivity index (χ0v) is 8.75. The molecule has 0 N–H and O–H groups in total. The van der Waals surface area contributed by atoms with Gasteiger partial charge in [-0.1, -0.05) is 18.6 Å². The Morgan fingerprint density at radius 1 is 1.77 bits per heavy atom. The van der Waals surface area contributed by atoms with E-state index in [9.17, 15) is 0 Å². The summed E-state index contributed by atoms with van der Waals surface area (Å²) in [7, 11) is 2.11. The normalized spacial score (nSPS) is 26.3. The van der Waals surface area contributed by atoms with Crippen LogP contribution < -0.4 is 0 Å². The van der Waals surface area contributed by atoms with E-state index >= 15 is 0 Å².